The van der Waals surface area contributed by atoms with Crippen molar-refractivity contribution in [1.29, 1.82) is 0 Å². The van der Waals surface area contributed by atoms with E-state index < -0.39 is 36.3 Å². The fourth-order valence-electron chi connectivity index (χ4n) is 4.06. The largest absolute Gasteiger partial charge is 0.444 e. The summed E-state index contributed by atoms with van der Waals surface area (Å²) in [6.07, 6.45) is 0.676. The highest BCUT2D eigenvalue weighted by Crippen LogP contribution is 2.37. The highest BCUT2D eigenvalue weighted by molar-refractivity contribution is 5.93. The molecule has 36 heavy (non-hydrogen) atoms. The lowest BCUT2D eigenvalue weighted by atomic mass is 9.95. The zero-order valence-electron chi connectivity index (χ0n) is 21.7. The number of nitrogens with one attached hydrogen (secondary N) is 2. The molecule has 0 aliphatic heterocycles. The second-order valence-electron chi connectivity index (χ2n) is 10.3. The van der Waals surface area contributed by atoms with Crippen LogP contribution in [0.2, 0.25) is 0 Å². The Kier molecular flexibility index (Phi) is 8.74. The van der Waals surface area contributed by atoms with Crippen LogP contribution in [-0.4, -0.2) is 52.2 Å². The normalized spacial score (nSPS) is 14.9. The number of aliphatic hydroxyl groups excluding tert-OH is 1. The molecule has 1 aliphatic rings. The summed E-state index contributed by atoms with van der Waals surface area (Å²) in [4.78, 5) is 41.4. The van der Waals surface area contributed by atoms with Crippen molar-refractivity contribution in [2.45, 2.75) is 77.7 Å². The van der Waals surface area contributed by atoms with E-state index in [9.17, 15) is 19.5 Å². The molecule has 2 unspecified atom stereocenters. The third kappa shape index (κ3) is 7.07. The maximum absolute atomic E-state index is 13.8. The monoisotopic (exact) mass is 495 g/mol. The standard InChI is InChI=1S/C28H37N3O5/c1-18-10-9-13-22(19(18)2)24(25(33)29-16-20-11-7-6-8-12-20)31(21-14-15-21)26(34)23(17-32)30-27(35)36-28(3,4)5/h6-13,21,23-24,32H,14-17H2,1-5H3,(H,29,33)(H,30,35). The van der Waals surface area contributed by atoms with Crippen LogP contribution in [0.5, 0.6) is 0 Å². The third-order valence-corrected chi connectivity index (χ3v) is 6.14. The maximum Gasteiger partial charge on any atom is 0.408 e. The van der Waals surface area contributed by atoms with Gasteiger partial charge in [-0.15, -0.1) is 0 Å². The number of aryl methyl sites for hydroxylation is 1. The minimum Gasteiger partial charge on any atom is -0.444 e. The summed E-state index contributed by atoms with van der Waals surface area (Å²) < 4.78 is 5.28. The molecule has 3 rings (SSSR count). The molecule has 1 fully saturated rings. The number of hydrogen-bond donors (Lipinski definition) is 3. The molecule has 1 saturated carbocycles. The Morgan fingerprint density at radius 2 is 1.72 bits per heavy atom. The van der Waals surface area contributed by atoms with Gasteiger partial charge < -0.3 is 25.4 Å². The van der Waals surface area contributed by atoms with Crippen molar-refractivity contribution >= 4 is 17.9 Å². The number of carbonyl (C=O) groups is 3. The van der Waals surface area contributed by atoms with Crippen LogP contribution in [0.15, 0.2) is 48.5 Å². The second kappa shape index (κ2) is 11.6. The number of aliphatic hydroxyl groups is 1. The highest BCUT2D eigenvalue weighted by Gasteiger charge is 2.44. The average molecular weight is 496 g/mol. The fraction of sp³-hybridized carbons (Fsp3) is 0.464. The van der Waals surface area contributed by atoms with E-state index in [4.69, 9.17) is 4.74 Å². The number of nitrogens with zero attached hydrogens (tertiary/aromatic N) is 1. The summed E-state index contributed by atoms with van der Waals surface area (Å²) in [5, 5.41) is 15.5. The van der Waals surface area contributed by atoms with Crippen LogP contribution in [0.3, 0.4) is 0 Å². The van der Waals surface area contributed by atoms with Gasteiger partial charge in [0, 0.05) is 12.6 Å². The summed E-state index contributed by atoms with van der Waals surface area (Å²) in [5.41, 5.74) is 2.81. The summed E-state index contributed by atoms with van der Waals surface area (Å²) >= 11 is 0. The molecule has 3 N–H and O–H groups in total. The fourth-order valence-corrected chi connectivity index (χ4v) is 4.06. The Morgan fingerprint density at radius 3 is 2.31 bits per heavy atom. The molecule has 2 aromatic carbocycles. The lowest BCUT2D eigenvalue weighted by Gasteiger charge is -2.35. The van der Waals surface area contributed by atoms with Crippen molar-refractivity contribution in [3.63, 3.8) is 0 Å². The average Bonchev–Trinajstić information content (AvgIpc) is 3.66. The zero-order valence-corrected chi connectivity index (χ0v) is 21.7. The van der Waals surface area contributed by atoms with E-state index in [1.165, 1.54) is 4.90 Å². The lowest BCUT2D eigenvalue weighted by molar-refractivity contribution is -0.144. The van der Waals surface area contributed by atoms with Gasteiger partial charge in [-0.3, -0.25) is 9.59 Å². The molecular formula is C28H37N3O5. The van der Waals surface area contributed by atoms with E-state index in [2.05, 4.69) is 10.6 Å². The Bertz CT molecular complexity index is 1080. The van der Waals surface area contributed by atoms with E-state index in [-0.39, 0.29) is 11.9 Å². The molecule has 2 atom stereocenters. The molecular weight excluding hydrogens is 458 g/mol. The van der Waals surface area contributed by atoms with Gasteiger partial charge in [0.2, 0.25) is 11.8 Å². The first-order valence-electron chi connectivity index (χ1n) is 12.3. The molecule has 8 nitrogen and oxygen atoms in total. The van der Waals surface area contributed by atoms with Gasteiger partial charge in [-0.1, -0.05) is 48.5 Å². The number of hydrogen-bond acceptors (Lipinski definition) is 5. The van der Waals surface area contributed by atoms with Crippen LogP contribution < -0.4 is 10.6 Å². The molecule has 0 radical (unpaired) electrons. The second-order valence-corrected chi connectivity index (χ2v) is 10.3. The van der Waals surface area contributed by atoms with Gasteiger partial charge in [0.15, 0.2) is 0 Å². The van der Waals surface area contributed by atoms with Crippen molar-refractivity contribution < 1.29 is 24.2 Å². The molecule has 0 heterocycles. The number of alkyl carbamates (subject to hydrolysis) is 1. The smallest absolute Gasteiger partial charge is 0.408 e. The van der Waals surface area contributed by atoms with E-state index in [1.807, 2.05) is 62.4 Å². The lowest BCUT2D eigenvalue weighted by Crippen LogP contribution is -2.55. The number of ether oxygens (including phenoxy) is 1. The van der Waals surface area contributed by atoms with Gasteiger partial charge >= 0.3 is 6.09 Å². The Balaban J connectivity index is 1.93. The Hall–Kier alpha value is -3.39. The summed E-state index contributed by atoms with van der Waals surface area (Å²) in [6, 6.07) is 12.9. The van der Waals surface area contributed by atoms with Gasteiger partial charge in [-0.25, -0.2) is 4.79 Å². The van der Waals surface area contributed by atoms with Gasteiger partial charge in [0.1, 0.15) is 17.7 Å². The molecule has 1 aliphatic carbocycles. The van der Waals surface area contributed by atoms with Crippen LogP contribution in [-0.2, 0) is 20.9 Å². The number of carbonyl (C=O) groups excluding carboxylic acids is 3. The minimum atomic E-state index is -1.24. The van der Waals surface area contributed by atoms with Gasteiger partial charge in [0.25, 0.3) is 0 Å². The molecule has 0 aromatic heterocycles. The first-order chi connectivity index (χ1) is 17.0. The van der Waals surface area contributed by atoms with Crippen molar-refractivity contribution in [3.8, 4) is 0 Å². The van der Waals surface area contributed by atoms with E-state index >= 15 is 0 Å². The number of benzene rings is 2. The van der Waals surface area contributed by atoms with E-state index in [1.54, 1.807) is 20.8 Å². The van der Waals surface area contributed by atoms with Crippen molar-refractivity contribution in [1.82, 2.24) is 15.5 Å². The van der Waals surface area contributed by atoms with Crippen LogP contribution in [0.25, 0.3) is 0 Å². The summed E-state index contributed by atoms with van der Waals surface area (Å²) in [5.74, 6) is -0.839. The quantitative estimate of drug-likeness (QED) is 0.493. The minimum absolute atomic E-state index is 0.167. The van der Waals surface area contributed by atoms with Crippen LogP contribution >= 0.6 is 0 Å². The molecule has 0 spiro atoms. The number of amides is 3. The molecule has 194 valence electrons. The summed E-state index contributed by atoms with van der Waals surface area (Å²) in [7, 11) is 0. The predicted octanol–water partition coefficient (Wildman–Crippen LogP) is 3.54. The van der Waals surface area contributed by atoms with Gasteiger partial charge in [-0.05, 0) is 69.7 Å². The van der Waals surface area contributed by atoms with Crippen LogP contribution in [0.4, 0.5) is 4.79 Å². The zero-order chi connectivity index (χ0) is 26.5. The SMILES string of the molecule is Cc1cccc(C(C(=O)NCc2ccccc2)N(C(=O)C(CO)NC(=O)OC(C)(C)C)C2CC2)c1C. The molecule has 2 aromatic rings. The van der Waals surface area contributed by atoms with Gasteiger partial charge in [0.05, 0.1) is 6.61 Å². The van der Waals surface area contributed by atoms with E-state index in [0.717, 1.165) is 35.1 Å². The van der Waals surface area contributed by atoms with Crippen LogP contribution in [0, 0.1) is 13.8 Å². The molecule has 0 bridgehead atoms. The maximum atomic E-state index is 13.8. The first kappa shape index (κ1) is 27.2. The molecule has 0 saturated heterocycles. The Labute approximate surface area is 213 Å². The van der Waals surface area contributed by atoms with Crippen molar-refractivity contribution in [2.75, 3.05) is 6.61 Å². The van der Waals surface area contributed by atoms with E-state index in [0.29, 0.717) is 6.54 Å². The van der Waals surface area contributed by atoms with Crippen molar-refractivity contribution in [3.05, 3.63) is 70.8 Å². The first-order valence-corrected chi connectivity index (χ1v) is 12.3. The van der Waals surface area contributed by atoms with Crippen molar-refractivity contribution in [2.24, 2.45) is 0 Å². The highest BCUT2D eigenvalue weighted by atomic mass is 16.6. The van der Waals surface area contributed by atoms with Gasteiger partial charge in [-0.2, -0.15) is 0 Å². The summed E-state index contributed by atoms with van der Waals surface area (Å²) in [6.45, 7) is 8.73. The molecule has 3 amide bonds. The Morgan fingerprint density at radius 1 is 1.06 bits per heavy atom. The van der Waals surface area contributed by atoms with Crippen LogP contribution in [0.1, 0.15) is 61.9 Å². The third-order valence-electron chi connectivity index (χ3n) is 6.14. The topological polar surface area (TPSA) is 108 Å². The molecule has 8 heteroatoms. The number of rotatable bonds is 9. The predicted molar refractivity (Wildman–Crippen MR) is 137 cm³/mol.